The summed E-state index contributed by atoms with van der Waals surface area (Å²) in [5.74, 6) is 2.93. The van der Waals surface area contributed by atoms with Gasteiger partial charge >= 0.3 is 0 Å². The third-order valence-corrected chi connectivity index (χ3v) is 4.58. The number of allylic oxidation sites excluding steroid dienone is 1. The maximum absolute atomic E-state index is 4.45. The summed E-state index contributed by atoms with van der Waals surface area (Å²) in [7, 11) is 0. The number of pyridine rings is 1. The summed E-state index contributed by atoms with van der Waals surface area (Å²) in [6, 6.07) is 0. The highest BCUT2D eigenvalue weighted by molar-refractivity contribution is 8.01. The summed E-state index contributed by atoms with van der Waals surface area (Å²) < 4.78 is 0. The van der Waals surface area contributed by atoms with Gasteiger partial charge in [-0.15, -0.1) is 11.8 Å². The molecule has 0 bridgehead atoms. The zero-order valence-electron chi connectivity index (χ0n) is 11.8. The molecule has 0 aliphatic carbocycles. The summed E-state index contributed by atoms with van der Waals surface area (Å²) in [6.45, 7) is 9.22. The number of thioether (sulfide) groups is 1. The van der Waals surface area contributed by atoms with Crippen molar-refractivity contribution in [2.45, 2.75) is 51.7 Å². The monoisotopic (exact) mass is 261 g/mol. The number of fused-ring (bicyclic) bond motifs is 1. The van der Waals surface area contributed by atoms with Gasteiger partial charge in [-0.05, 0) is 46.3 Å². The van der Waals surface area contributed by atoms with Crippen molar-refractivity contribution in [1.29, 1.82) is 0 Å². The summed E-state index contributed by atoms with van der Waals surface area (Å²) in [5.41, 5.74) is 4.46. The third-order valence-electron chi connectivity index (χ3n) is 3.72. The van der Waals surface area contributed by atoms with Crippen LogP contribution in [0.3, 0.4) is 0 Å². The first-order chi connectivity index (χ1) is 8.61. The van der Waals surface area contributed by atoms with E-state index in [4.69, 9.17) is 0 Å². The molecule has 1 nitrogen and oxygen atoms in total. The highest BCUT2D eigenvalue weighted by Gasteiger charge is 2.23. The molecule has 0 saturated heterocycles. The van der Waals surface area contributed by atoms with Crippen molar-refractivity contribution in [3.63, 3.8) is 0 Å². The molecular weight excluding hydrogens is 238 g/mol. The van der Waals surface area contributed by atoms with Crippen LogP contribution < -0.4 is 0 Å². The van der Waals surface area contributed by atoms with Crippen molar-refractivity contribution < 1.29 is 0 Å². The molecule has 0 radical (unpaired) electrons. The van der Waals surface area contributed by atoms with E-state index in [0.717, 1.165) is 12.2 Å². The van der Waals surface area contributed by atoms with Crippen LogP contribution in [0.4, 0.5) is 0 Å². The van der Waals surface area contributed by atoms with Gasteiger partial charge in [0.05, 0.1) is 0 Å². The predicted octanol–water partition coefficient (Wildman–Crippen LogP) is 5.10. The van der Waals surface area contributed by atoms with Crippen molar-refractivity contribution in [1.82, 2.24) is 4.98 Å². The second-order valence-electron chi connectivity index (χ2n) is 5.73. The van der Waals surface area contributed by atoms with E-state index in [1.54, 1.807) is 5.56 Å². The maximum Gasteiger partial charge on any atom is 0.0311 e. The summed E-state index contributed by atoms with van der Waals surface area (Å²) >= 11 is 1.89. The first kappa shape index (κ1) is 13.7. The average Bonchev–Trinajstić information content (AvgIpc) is 2.28. The van der Waals surface area contributed by atoms with Gasteiger partial charge < -0.3 is 0 Å². The molecule has 98 valence electrons. The fourth-order valence-electron chi connectivity index (χ4n) is 2.69. The normalized spacial score (nSPS) is 21.6. The molecule has 0 fully saturated rings. The Morgan fingerprint density at radius 1 is 1.22 bits per heavy atom. The van der Waals surface area contributed by atoms with Crippen molar-refractivity contribution >= 4 is 11.8 Å². The minimum atomic E-state index is 0.558. The Hall–Kier alpha value is -0.760. The molecule has 18 heavy (non-hydrogen) atoms. The van der Waals surface area contributed by atoms with Crippen LogP contribution in [-0.2, 0) is 5.75 Å². The largest absolute Gasteiger partial charge is 0.264 e. The van der Waals surface area contributed by atoms with Gasteiger partial charge in [0.15, 0.2) is 0 Å². The molecule has 1 aromatic rings. The SMILES string of the molecule is CC(C)c1cncc2c1C(C(C)C)C/C=C\SC2. The van der Waals surface area contributed by atoms with E-state index in [0.29, 0.717) is 17.8 Å². The Bertz CT molecular complexity index is 435. The Labute approximate surface area is 115 Å². The highest BCUT2D eigenvalue weighted by Crippen LogP contribution is 2.38. The number of hydrogen-bond acceptors (Lipinski definition) is 2. The molecule has 2 heterocycles. The number of hydrogen-bond donors (Lipinski definition) is 0. The highest BCUT2D eigenvalue weighted by atomic mass is 32.2. The lowest BCUT2D eigenvalue weighted by molar-refractivity contribution is 0.494. The van der Waals surface area contributed by atoms with E-state index in [-0.39, 0.29) is 0 Å². The lowest BCUT2D eigenvalue weighted by Crippen LogP contribution is -2.14. The van der Waals surface area contributed by atoms with E-state index in [9.17, 15) is 0 Å². The molecule has 0 N–H and O–H groups in total. The minimum absolute atomic E-state index is 0.558. The van der Waals surface area contributed by atoms with Crippen LogP contribution in [0.2, 0.25) is 0 Å². The fourth-order valence-corrected chi connectivity index (χ4v) is 3.44. The molecule has 0 amide bonds. The van der Waals surface area contributed by atoms with E-state index < -0.39 is 0 Å². The summed E-state index contributed by atoms with van der Waals surface area (Å²) in [5, 5.41) is 2.25. The third kappa shape index (κ3) is 2.80. The van der Waals surface area contributed by atoms with Crippen molar-refractivity contribution in [2.75, 3.05) is 0 Å². The Morgan fingerprint density at radius 3 is 2.67 bits per heavy atom. The van der Waals surface area contributed by atoms with Gasteiger partial charge in [-0.2, -0.15) is 0 Å². The van der Waals surface area contributed by atoms with Gasteiger partial charge in [0, 0.05) is 18.1 Å². The molecule has 1 atom stereocenters. The van der Waals surface area contributed by atoms with E-state index in [2.05, 4.69) is 56.6 Å². The van der Waals surface area contributed by atoms with Gasteiger partial charge in [-0.3, -0.25) is 4.98 Å². The molecule has 1 aromatic heterocycles. The van der Waals surface area contributed by atoms with E-state index >= 15 is 0 Å². The molecule has 0 aromatic carbocycles. The Kier molecular flexibility index (Phi) is 4.50. The van der Waals surface area contributed by atoms with Gasteiger partial charge in [0.2, 0.25) is 0 Å². The van der Waals surface area contributed by atoms with Crippen molar-refractivity contribution in [3.05, 3.63) is 40.6 Å². The first-order valence-electron chi connectivity index (χ1n) is 6.84. The van der Waals surface area contributed by atoms with Crippen LogP contribution in [0.15, 0.2) is 23.9 Å². The molecule has 1 unspecified atom stereocenters. The number of rotatable bonds is 2. The van der Waals surface area contributed by atoms with Crippen LogP contribution in [-0.4, -0.2) is 4.98 Å². The molecular formula is C16H23NS. The zero-order valence-corrected chi connectivity index (χ0v) is 12.6. The lowest BCUT2D eigenvalue weighted by Gasteiger charge is -2.28. The van der Waals surface area contributed by atoms with Crippen LogP contribution >= 0.6 is 11.8 Å². The number of aromatic nitrogens is 1. The van der Waals surface area contributed by atoms with E-state index in [1.807, 2.05) is 11.8 Å². The Morgan fingerprint density at radius 2 is 2.00 bits per heavy atom. The zero-order chi connectivity index (χ0) is 13.1. The second-order valence-corrected chi connectivity index (χ2v) is 6.62. The van der Waals surface area contributed by atoms with Gasteiger partial charge in [0.25, 0.3) is 0 Å². The molecule has 0 spiro atoms. The molecule has 1 aliphatic heterocycles. The smallest absolute Gasteiger partial charge is 0.0311 e. The van der Waals surface area contributed by atoms with Gasteiger partial charge in [-0.25, -0.2) is 0 Å². The molecule has 1 aliphatic rings. The minimum Gasteiger partial charge on any atom is -0.264 e. The Balaban J connectivity index is 2.54. The van der Waals surface area contributed by atoms with Crippen LogP contribution in [0, 0.1) is 5.92 Å². The standard InChI is InChI=1S/C16H23NS/c1-11(2)14-6-5-7-18-10-13-8-17-9-15(12(3)4)16(13)14/h5,7-9,11-12,14H,6,10H2,1-4H3/b7-5-. The van der Waals surface area contributed by atoms with Crippen molar-refractivity contribution in [3.8, 4) is 0 Å². The predicted molar refractivity (Wildman–Crippen MR) is 81.0 cm³/mol. The van der Waals surface area contributed by atoms with Crippen LogP contribution in [0.5, 0.6) is 0 Å². The van der Waals surface area contributed by atoms with Crippen molar-refractivity contribution in [2.24, 2.45) is 5.92 Å². The van der Waals surface area contributed by atoms with Gasteiger partial charge in [-0.1, -0.05) is 33.8 Å². The maximum atomic E-state index is 4.45. The lowest BCUT2D eigenvalue weighted by atomic mass is 9.79. The van der Waals surface area contributed by atoms with Crippen LogP contribution in [0.1, 0.15) is 62.6 Å². The molecule has 0 saturated carbocycles. The average molecular weight is 261 g/mol. The number of nitrogens with zero attached hydrogens (tertiary/aromatic N) is 1. The topological polar surface area (TPSA) is 12.9 Å². The quantitative estimate of drug-likeness (QED) is 0.735. The van der Waals surface area contributed by atoms with E-state index in [1.165, 1.54) is 11.1 Å². The molecule has 2 rings (SSSR count). The van der Waals surface area contributed by atoms with Crippen LogP contribution in [0.25, 0.3) is 0 Å². The fraction of sp³-hybridized carbons (Fsp3) is 0.562. The second kappa shape index (κ2) is 5.92. The summed E-state index contributed by atoms with van der Waals surface area (Å²) in [4.78, 5) is 4.45. The first-order valence-corrected chi connectivity index (χ1v) is 7.89. The summed E-state index contributed by atoms with van der Waals surface area (Å²) in [6.07, 6.45) is 7.64. The molecule has 2 heteroatoms. The van der Waals surface area contributed by atoms with Gasteiger partial charge in [0.1, 0.15) is 0 Å².